The molecule has 0 aliphatic rings. The lowest BCUT2D eigenvalue weighted by molar-refractivity contribution is -0.387. The maximum absolute atomic E-state index is 13.0. The van der Waals surface area contributed by atoms with E-state index in [1.165, 1.54) is 19.2 Å². The van der Waals surface area contributed by atoms with Crippen LogP contribution < -0.4 is 9.46 Å². The van der Waals surface area contributed by atoms with Crippen molar-refractivity contribution in [3.63, 3.8) is 0 Å². The van der Waals surface area contributed by atoms with E-state index in [4.69, 9.17) is 9.47 Å². The number of nitrogens with one attached hydrogen (secondary N) is 1. The number of rotatable bonds is 8. The Labute approximate surface area is 188 Å². The summed E-state index contributed by atoms with van der Waals surface area (Å²) >= 11 is 1.04. The topological polar surface area (TPSA) is 125 Å². The van der Waals surface area contributed by atoms with Gasteiger partial charge in [0.2, 0.25) is 0 Å². The van der Waals surface area contributed by atoms with Crippen molar-refractivity contribution in [1.29, 1.82) is 0 Å². The van der Waals surface area contributed by atoms with Crippen molar-refractivity contribution in [3.8, 4) is 16.9 Å². The molecule has 0 aliphatic carbocycles. The maximum atomic E-state index is 13.0. The third-order valence-electron chi connectivity index (χ3n) is 4.51. The van der Waals surface area contributed by atoms with Crippen molar-refractivity contribution in [1.82, 2.24) is 0 Å². The van der Waals surface area contributed by atoms with Gasteiger partial charge in [0.25, 0.3) is 15.7 Å². The standard InChI is InChI=1S/C21H20N2O7S2/c1-4-30-15-11-9-14(10-12-15)18-13(2)31-20(19(18)21(24)29-3)22-32(27,28)17-8-6-5-7-16(17)23(25)26/h5-12,22H,4H2,1-3H3. The number of thiophene rings is 1. The first-order valence-corrected chi connectivity index (χ1v) is 11.7. The van der Waals surface area contributed by atoms with E-state index in [1.807, 2.05) is 6.92 Å². The summed E-state index contributed by atoms with van der Waals surface area (Å²) in [5, 5.41) is 11.3. The summed E-state index contributed by atoms with van der Waals surface area (Å²) in [7, 11) is -3.17. The van der Waals surface area contributed by atoms with Gasteiger partial charge in [0.15, 0.2) is 4.90 Å². The number of ether oxygens (including phenoxy) is 2. The summed E-state index contributed by atoms with van der Waals surface area (Å²) in [4.78, 5) is 23.3. The van der Waals surface area contributed by atoms with Crippen LogP contribution in [0.25, 0.3) is 11.1 Å². The summed E-state index contributed by atoms with van der Waals surface area (Å²) in [5.74, 6) is -0.0837. The van der Waals surface area contributed by atoms with Gasteiger partial charge in [0, 0.05) is 16.5 Å². The van der Waals surface area contributed by atoms with Crippen molar-refractivity contribution in [2.24, 2.45) is 0 Å². The Morgan fingerprint density at radius 1 is 1.16 bits per heavy atom. The number of hydrogen-bond donors (Lipinski definition) is 1. The molecule has 0 aliphatic heterocycles. The SMILES string of the molecule is CCOc1ccc(-c2c(C)sc(NS(=O)(=O)c3ccccc3[N+](=O)[O-])c2C(=O)OC)cc1. The zero-order chi connectivity index (χ0) is 23.5. The number of hydrogen-bond acceptors (Lipinski definition) is 8. The average Bonchev–Trinajstić information content (AvgIpc) is 3.08. The molecule has 2 aromatic carbocycles. The third kappa shape index (κ3) is 4.58. The number of nitrogens with zero attached hydrogens (tertiary/aromatic N) is 1. The number of carbonyl (C=O) groups is 1. The molecule has 9 nitrogen and oxygen atoms in total. The number of esters is 1. The van der Waals surface area contributed by atoms with E-state index in [9.17, 15) is 23.3 Å². The monoisotopic (exact) mass is 476 g/mol. The van der Waals surface area contributed by atoms with Gasteiger partial charge in [-0.3, -0.25) is 14.8 Å². The summed E-state index contributed by atoms with van der Waals surface area (Å²) in [6.07, 6.45) is 0. The number of nitro benzene ring substituents is 1. The molecule has 0 radical (unpaired) electrons. The van der Waals surface area contributed by atoms with Gasteiger partial charge >= 0.3 is 5.97 Å². The van der Waals surface area contributed by atoms with Gasteiger partial charge < -0.3 is 9.47 Å². The summed E-state index contributed by atoms with van der Waals surface area (Å²) < 4.78 is 38.6. The van der Waals surface area contributed by atoms with Crippen LogP contribution in [0.4, 0.5) is 10.7 Å². The lowest BCUT2D eigenvalue weighted by Crippen LogP contribution is -2.16. The van der Waals surface area contributed by atoms with Gasteiger partial charge in [0.1, 0.15) is 16.3 Å². The van der Waals surface area contributed by atoms with Crippen molar-refractivity contribution < 1.29 is 27.6 Å². The first kappa shape index (κ1) is 23.2. The molecular formula is C21H20N2O7S2. The van der Waals surface area contributed by atoms with Gasteiger partial charge in [-0.1, -0.05) is 24.3 Å². The van der Waals surface area contributed by atoms with Gasteiger partial charge in [-0.05, 0) is 37.6 Å². The Morgan fingerprint density at radius 3 is 2.41 bits per heavy atom. The molecule has 0 atom stereocenters. The lowest BCUT2D eigenvalue weighted by atomic mass is 10.0. The number of benzene rings is 2. The fraction of sp³-hybridized carbons (Fsp3) is 0.190. The number of aryl methyl sites for hydroxylation is 1. The number of nitro groups is 1. The molecule has 168 valence electrons. The Morgan fingerprint density at radius 2 is 1.81 bits per heavy atom. The van der Waals surface area contributed by atoms with Crippen molar-refractivity contribution in [2.45, 2.75) is 18.7 Å². The van der Waals surface area contributed by atoms with Crippen LogP contribution in [0.2, 0.25) is 0 Å². The fourth-order valence-electron chi connectivity index (χ4n) is 3.16. The number of methoxy groups -OCH3 is 1. The third-order valence-corrected chi connectivity index (χ3v) is 7.05. The zero-order valence-corrected chi connectivity index (χ0v) is 19.1. The second-order valence-corrected chi connectivity index (χ2v) is 9.39. The van der Waals surface area contributed by atoms with Gasteiger partial charge in [-0.25, -0.2) is 13.2 Å². The predicted molar refractivity (Wildman–Crippen MR) is 121 cm³/mol. The average molecular weight is 477 g/mol. The Balaban J connectivity index is 2.11. The molecule has 32 heavy (non-hydrogen) atoms. The van der Waals surface area contributed by atoms with Gasteiger partial charge in [-0.2, -0.15) is 0 Å². The first-order chi connectivity index (χ1) is 15.2. The summed E-state index contributed by atoms with van der Waals surface area (Å²) in [5.41, 5.74) is 0.629. The predicted octanol–water partition coefficient (Wildman–Crippen LogP) is 4.62. The molecule has 0 saturated carbocycles. The minimum Gasteiger partial charge on any atom is -0.494 e. The molecule has 0 saturated heterocycles. The molecule has 0 spiro atoms. The molecular weight excluding hydrogens is 456 g/mol. The first-order valence-electron chi connectivity index (χ1n) is 9.40. The molecule has 0 fully saturated rings. The highest BCUT2D eigenvalue weighted by atomic mass is 32.2. The highest BCUT2D eigenvalue weighted by Gasteiger charge is 2.30. The highest BCUT2D eigenvalue weighted by molar-refractivity contribution is 7.93. The van der Waals surface area contributed by atoms with Crippen molar-refractivity contribution >= 4 is 38.0 Å². The van der Waals surface area contributed by atoms with Crippen LogP contribution in [-0.4, -0.2) is 33.0 Å². The smallest absolute Gasteiger partial charge is 0.341 e. The molecule has 1 N–H and O–H groups in total. The van der Waals surface area contributed by atoms with Crippen molar-refractivity contribution in [3.05, 3.63) is 69.1 Å². The molecule has 11 heteroatoms. The maximum Gasteiger partial charge on any atom is 0.341 e. The second-order valence-electron chi connectivity index (χ2n) is 6.52. The normalized spacial score (nSPS) is 11.1. The number of carbonyl (C=O) groups excluding carboxylic acids is 1. The van der Waals surface area contributed by atoms with Crippen LogP contribution in [0.1, 0.15) is 22.2 Å². The molecule has 1 aromatic heterocycles. The summed E-state index contributed by atoms with van der Waals surface area (Å²) in [6, 6.07) is 12.0. The minimum atomic E-state index is -4.36. The molecule has 0 bridgehead atoms. The molecule has 0 unspecified atom stereocenters. The van der Waals surface area contributed by atoms with E-state index < -0.39 is 31.5 Å². The molecule has 3 rings (SSSR count). The van der Waals surface area contributed by atoms with Crippen LogP contribution in [0.3, 0.4) is 0 Å². The van der Waals surface area contributed by atoms with E-state index in [2.05, 4.69) is 4.72 Å². The number of anilines is 1. The molecule has 1 heterocycles. The van der Waals surface area contributed by atoms with Crippen molar-refractivity contribution in [2.75, 3.05) is 18.4 Å². The number of sulfonamides is 1. The zero-order valence-electron chi connectivity index (χ0n) is 17.4. The van der Waals surface area contributed by atoms with Crippen LogP contribution in [0.5, 0.6) is 5.75 Å². The fourth-order valence-corrected chi connectivity index (χ4v) is 5.70. The number of para-hydroxylation sites is 1. The van der Waals surface area contributed by atoms with Crippen LogP contribution in [0.15, 0.2) is 53.4 Å². The van der Waals surface area contributed by atoms with E-state index in [1.54, 1.807) is 31.2 Å². The Hall–Kier alpha value is -3.44. The van der Waals surface area contributed by atoms with Gasteiger partial charge in [0.05, 0.1) is 18.6 Å². The molecule has 3 aromatic rings. The Kier molecular flexibility index (Phi) is 6.80. The Bertz CT molecular complexity index is 1270. The second kappa shape index (κ2) is 9.37. The van der Waals surface area contributed by atoms with Gasteiger partial charge in [-0.15, -0.1) is 11.3 Å². The quantitative estimate of drug-likeness (QED) is 0.286. The minimum absolute atomic E-state index is 0.0105. The van der Waals surface area contributed by atoms with Crippen LogP contribution in [0, 0.1) is 17.0 Å². The highest BCUT2D eigenvalue weighted by Crippen LogP contribution is 2.42. The van der Waals surface area contributed by atoms with E-state index in [0.717, 1.165) is 23.5 Å². The van der Waals surface area contributed by atoms with Crippen LogP contribution >= 0.6 is 11.3 Å². The van der Waals surface area contributed by atoms with Crippen LogP contribution in [-0.2, 0) is 14.8 Å². The van der Waals surface area contributed by atoms with E-state index in [-0.39, 0.29) is 10.6 Å². The lowest BCUT2D eigenvalue weighted by Gasteiger charge is -2.10. The van der Waals surface area contributed by atoms with E-state index >= 15 is 0 Å². The molecule has 0 amide bonds. The van der Waals surface area contributed by atoms with E-state index in [0.29, 0.717) is 28.4 Å². The summed E-state index contributed by atoms with van der Waals surface area (Å²) in [6.45, 7) is 4.11. The largest absolute Gasteiger partial charge is 0.494 e.